The van der Waals surface area contributed by atoms with Crippen LogP contribution in [-0.4, -0.2) is 48.9 Å². The molecule has 6 heteroatoms. The van der Waals surface area contributed by atoms with Crippen molar-refractivity contribution >= 4 is 24.2 Å². The number of likely N-dealkylation sites (tertiary alicyclic amines) is 1. The Labute approximate surface area is 152 Å². The molecule has 1 heterocycles. The van der Waals surface area contributed by atoms with E-state index in [-0.39, 0.29) is 36.2 Å². The molecule has 24 heavy (non-hydrogen) atoms. The Balaban J connectivity index is 0.00000288. The van der Waals surface area contributed by atoms with Gasteiger partial charge in [-0.2, -0.15) is 0 Å². The quantitative estimate of drug-likeness (QED) is 0.733. The average molecular weight is 360 g/mol. The summed E-state index contributed by atoms with van der Waals surface area (Å²) in [5.74, 6) is 1.20. The molecule has 0 radical (unpaired) electrons. The van der Waals surface area contributed by atoms with Crippen LogP contribution in [-0.2, 0) is 9.59 Å². The lowest BCUT2D eigenvalue weighted by Gasteiger charge is -2.33. The summed E-state index contributed by atoms with van der Waals surface area (Å²) in [5.41, 5.74) is 0. The van der Waals surface area contributed by atoms with E-state index in [0.717, 1.165) is 64.7 Å². The number of halogens is 1. The number of nitrogens with zero attached hydrogens (tertiary/aromatic N) is 1. The number of rotatable bonds is 7. The average Bonchev–Trinajstić information content (AvgIpc) is 3.07. The lowest BCUT2D eigenvalue weighted by Crippen LogP contribution is -2.44. The van der Waals surface area contributed by atoms with Gasteiger partial charge in [0.25, 0.3) is 0 Å². The molecule has 2 N–H and O–H groups in total. The van der Waals surface area contributed by atoms with Crippen molar-refractivity contribution in [3.63, 3.8) is 0 Å². The van der Waals surface area contributed by atoms with Crippen molar-refractivity contribution in [2.75, 3.05) is 26.2 Å². The highest BCUT2D eigenvalue weighted by Crippen LogP contribution is 2.25. The Morgan fingerprint density at radius 1 is 1.12 bits per heavy atom. The predicted octanol–water partition coefficient (Wildman–Crippen LogP) is 2.34. The predicted molar refractivity (Wildman–Crippen MR) is 99.3 cm³/mol. The highest BCUT2D eigenvalue weighted by Gasteiger charge is 2.26. The van der Waals surface area contributed by atoms with Crippen molar-refractivity contribution in [3.8, 4) is 0 Å². The highest BCUT2D eigenvalue weighted by atomic mass is 35.5. The summed E-state index contributed by atoms with van der Waals surface area (Å²) < 4.78 is 0. The van der Waals surface area contributed by atoms with Crippen molar-refractivity contribution in [2.45, 2.75) is 64.8 Å². The van der Waals surface area contributed by atoms with Gasteiger partial charge >= 0.3 is 0 Å². The Bertz CT molecular complexity index is 392. The Hall–Kier alpha value is -0.810. The first-order valence-electron chi connectivity index (χ1n) is 9.39. The first kappa shape index (κ1) is 21.2. The maximum absolute atomic E-state index is 12.4. The minimum atomic E-state index is -0.0601. The van der Waals surface area contributed by atoms with Gasteiger partial charge in [-0.25, -0.2) is 0 Å². The van der Waals surface area contributed by atoms with Gasteiger partial charge in [-0.05, 0) is 51.6 Å². The van der Waals surface area contributed by atoms with Crippen molar-refractivity contribution in [2.24, 2.45) is 11.8 Å². The Morgan fingerprint density at radius 2 is 1.75 bits per heavy atom. The molecule has 1 aliphatic heterocycles. The zero-order valence-electron chi connectivity index (χ0n) is 15.2. The molecule has 140 valence electrons. The summed E-state index contributed by atoms with van der Waals surface area (Å²) in [6.07, 6.45) is 6.93. The van der Waals surface area contributed by atoms with Crippen LogP contribution in [0.25, 0.3) is 0 Å². The molecular weight excluding hydrogens is 326 g/mol. The van der Waals surface area contributed by atoms with Crippen LogP contribution < -0.4 is 10.6 Å². The van der Waals surface area contributed by atoms with Gasteiger partial charge in [0.2, 0.25) is 11.8 Å². The first-order chi connectivity index (χ1) is 11.1. The molecule has 5 nitrogen and oxygen atoms in total. The second-order valence-corrected chi connectivity index (χ2v) is 7.23. The zero-order valence-corrected chi connectivity index (χ0v) is 16.0. The number of carbonyl (C=O) groups is 2. The molecular formula is C18H34ClN3O2. The molecule has 2 fully saturated rings. The number of amides is 2. The van der Waals surface area contributed by atoms with E-state index < -0.39 is 0 Å². The summed E-state index contributed by atoms with van der Waals surface area (Å²) in [6.45, 7) is 7.86. The van der Waals surface area contributed by atoms with Crippen LogP contribution in [0.15, 0.2) is 0 Å². The molecule has 1 saturated carbocycles. The minimum absolute atomic E-state index is 0. The van der Waals surface area contributed by atoms with Crippen LogP contribution in [0.3, 0.4) is 0 Å². The minimum Gasteiger partial charge on any atom is -0.353 e. The third kappa shape index (κ3) is 6.60. The number of hydrogen-bond acceptors (Lipinski definition) is 3. The van der Waals surface area contributed by atoms with Crippen molar-refractivity contribution in [3.05, 3.63) is 0 Å². The van der Waals surface area contributed by atoms with Gasteiger partial charge in [-0.1, -0.05) is 19.8 Å². The molecule has 0 bridgehead atoms. The third-order valence-electron chi connectivity index (χ3n) is 5.25. The second kappa shape index (κ2) is 10.9. The van der Waals surface area contributed by atoms with E-state index in [0.29, 0.717) is 12.3 Å². The molecule has 1 aliphatic carbocycles. The smallest absolute Gasteiger partial charge is 0.224 e. The van der Waals surface area contributed by atoms with Crippen LogP contribution in [0.5, 0.6) is 0 Å². The summed E-state index contributed by atoms with van der Waals surface area (Å²) >= 11 is 0. The third-order valence-corrected chi connectivity index (χ3v) is 5.25. The number of hydrogen-bond donors (Lipinski definition) is 2. The van der Waals surface area contributed by atoms with Gasteiger partial charge in [-0.15, -0.1) is 12.4 Å². The molecule has 1 unspecified atom stereocenters. The Morgan fingerprint density at radius 3 is 2.33 bits per heavy atom. The second-order valence-electron chi connectivity index (χ2n) is 7.23. The van der Waals surface area contributed by atoms with E-state index >= 15 is 0 Å². The van der Waals surface area contributed by atoms with Crippen molar-refractivity contribution < 1.29 is 9.59 Å². The van der Waals surface area contributed by atoms with Gasteiger partial charge in [-0.3, -0.25) is 9.59 Å². The van der Waals surface area contributed by atoms with Crippen LogP contribution >= 0.6 is 12.4 Å². The molecule has 0 aromatic rings. The van der Waals surface area contributed by atoms with Crippen LogP contribution in [0, 0.1) is 11.8 Å². The highest BCUT2D eigenvalue weighted by molar-refractivity contribution is 5.85. The summed E-state index contributed by atoms with van der Waals surface area (Å²) in [7, 11) is 0. The lowest BCUT2D eigenvalue weighted by atomic mass is 9.96. The van der Waals surface area contributed by atoms with Gasteiger partial charge < -0.3 is 15.5 Å². The fraction of sp³-hybridized carbons (Fsp3) is 0.889. The van der Waals surface area contributed by atoms with Crippen molar-refractivity contribution in [1.82, 2.24) is 15.5 Å². The van der Waals surface area contributed by atoms with Gasteiger partial charge in [0.05, 0.1) is 0 Å². The number of nitrogens with one attached hydrogen (secondary N) is 2. The molecule has 2 aliphatic rings. The molecule has 2 rings (SSSR count). The van der Waals surface area contributed by atoms with Crippen LogP contribution in [0.1, 0.15) is 58.8 Å². The standard InChI is InChI=1S/C18H33N3O2.ClH/c1-3-19-13-15-8-10-21(11-9-15)17(22)12-14(2)20-18(23)16-6-4-5-7-16;/h14-16,19H,3-13H2,1-2H3,(H,20,23);1H. The van der Waals surface area contributed by atoms with E-state index in [1.54, 1.807) is 0 Å². The van der Waals surface area contributed by atoms with E-state index in [1.807, 2.05) is 11.8 Å². The SMILES string of the molecule is CCNCC1CCN(C(=O)CC(C)NC(=O)C2CCCC2)CC1.Cl. The monoisotopic (exact) mass is 359 g/mol. The molecule has 2 amide bonds. The maximum Gasteiger partial charge on any atom is 0.224 e. The summed E-state index contributed by atoms with van der Waals surface area (Å²) in [5, 5.41) is 6.42. The van der Waals surface area contributed by atoms with Gasteiger partial charge in [0.1, 0.15) is 0 Å². The molecule has 0 aromatic heterocycles. The number of carbonyl (C=O) groups excluding carboxylic acids is 2. The first-order valence-corrected chi connectivity index (χ1v) is 9.39. The lowest BCUT2D eigenvalue weighted by molar-refractivity contribution is -0.133. The fourth-order valence-electron chi connectivity index (χ4n) is 3.73. The van der Waals surface area contributed by atoms with Crippen molar-refractivity contribution in [1.29, 1.82) is 0 Å². The zero-order chi connectivity index (χ0) is 16.7. The van der Waals surface area contributed by atoms with Crippen LogP contribution in [0.2, 0.25) is 0 Å². The fourth-order valence-corrected chi connectivity index (χ4v) is 3.73. The largest absolute Gasteiger partial charge is 0.353 e. The maximum atomic E-state index is 12.4. The molecule has 0 spiro atoms. The van der Waals surface area contributed by atoms with Crippen LogP contribution in [0.4, 0.5) is 0 Å². The molecule has 0 aromatic carbocycles. The molecule has 1 atom stereocenters. The normalized spacial score (nSPS) is 20.5. The van der Waals surface area contributed by atoms with E-state index in [2.05, 4.69) is 17.6 Å². The summed E-state index contributed by atoms with van der Waals surface area (Å²) in [4.78, 5) is 26.5. The topological polar surface area (TPSA) is 61.4 Å². The summed E-state index contributed by atoms with van der Waals surface area (Å²) in [6, 6.07) is -0.0601. The van der Waals surface area contributed by atoms with E-state index in [4.69, 9.17) is 0 Å². The number of piperidine rings is 1. The molecule has 1 saturated heterocycles. The van der Waals surface area contributed by atoms with Gasteiger partial charge in [0, 0.05) is 31.5 Å². The van der Waals surface area contributed by atoms with E-state index in [9.17, 15) is 9.59 Å². The Kier molecular flexibility index (Phi) is 9.67. The van der Waals surface area contributed by atoms with Gasteiger partial charge in [0.15, 0.2) is 0 Å². The van der Waals surface area contributed by atoms with E-state index in [1.165, 1.54) is 0 Å².